The first-order valence-electron chi connectivity index (χ1n) is 9.62. The van der Waals surface area contributed by atoms with Gasteiger partial charge in [-0.1, -0.05) is 82.9 Å². The number of aliphatic carboxylic acids is 1. The highest BCUT2D eigenvalue weighted by Gasteiger charge is 2.14. The molecule has 0 amide bonds. The topological polar surface area (TPSA) is 63.6 Å². The van der Waals surface area contributed by atoms with Crippen molar-refractivity contribution in [3.05, 3.63) is 35.4 Å². The van der Waals surface area contributed by atoms with Gasteiger partial charge < -0.3 is 9.84 Å². The summed E-state index contributed by atoms with van der Waals surface area (Å²) in [7, 11) is 0. The van der Waals surface area contributed by atoms with Crippen molar-refractivity contribution in [2.24, 2.45) is 0 Å². The van der Waals surface area contributed by atoms with E-state index in [4.69, 9.17) is 9.84 Å². The highest BCUT2D eigenvalue weighted by atomic mass is 16.5. The largest absolute Gasteiger partial charge is 0.481 e. The van der Waals surface area contributed by atoms with Gasteiger partial charge in [0.15, 0.2) is 0 Å². The third-order valence-corrected chi connectivity index (χ3v) is 4.31. The Hall–Kier alpha value is -1.84. The first-order valence-corrected chi connectivity index (χ1v) is 9.62. The summed E-state index contributed by atoms with van der Waals surface area (Å²) in [4.78, 5) is 22.9. The number of carbonyl (C=O) groups is 2. The fourth-order valence-electron chi connectivity index (χ4n) is 2.87. The van der Waals surface area contributed by atoms with Gasteiger partial charge in [0.25, 0.3) is 0 Å². The molecule has 4 nitrogen and oxygen atoms in total. The number of unbranched alkanes of at least 4 members (excludes halogenated alkanes) is 9. The predicted molar refractivity (Wildman–Crippen MR) is 99.9 cm³/mol. The molecule has 0 aromatic heterocycles. The second-order valence-electron chi connectivity index (χ2n) is 6.55. The van der Waals surface area contributed by atoms with Gasteiger partial charge in [0.1, 0.15) is 0 Å². The fourth-order valence-corrected chi connectivity index (χ4v) is 2.87. The second kappa shape index (κ2) is 13.5. The van der Waals surface area contributed by atoms with Crippen LogP contribution in [0.15, 0.2) is 24.3 Å². The van der Waals surface area contributed by atoms with Gasteiger partial charge in [-0.05, 0) is 18.1 Å². The van der Waals surface area contributed by atoms with E-state index in [-0.39, 0.29) is 6.42 Å². The minimum atomic E-state index is -0.949. The SMILES string of the molecule is CCCCCCCCCCCCOC(=O)c1ccccc1CC(=O)O. The molecule has 0 heterocycles. The molecule has 1 rings (SSSR count). The molecular weight excluding hydrogens is 316 g/mol. The third-order valence-electron chi connectivity index (χ3n) is 4.31. The predicted octanol–water partition coefficient (Wildman–Crippen LogP) is 5.39. The number of rotatable bonds is 14. The Morgan fingerprint density at radius 1 is 0.880 bits per heavy atom. The van der Waals surface area contributed by atoms with Crippen LogP contribution in [0, 0.1) is 0 Å². The van der Waals surface area contributed by atoms with Crippen LogP contribution in [0.1, 0.15) is 87.1 Å². The number of benzene rings is 1. The van der Waals surface area contributed by atoms with Crippen molar-refractivity contribution in [3.63, 3.8) is 0 Å². The Morgan fingerprint density at radius 3 is 2.04 bits per heavy atom. The molecule has 0 atom stereocenters. The number of carbonyl (C=O) groups excluding carboxylic acids is 1. The summed E-state index contributed by atoms with van der Waals surface area (Å²) in [5.74, 6) is -1.37. The molecule has 0 aliphatic carbocycles. The first-order chi connectivity index (χ1) is 12.1. The zero-order chi connectivity index (χ0) is 18.3. The highest BCUT2D eigenvalue weighted by molar-refractivity contribution is 5.92. The number of hydrogen-bond donors (Lipinski definition) is 1. The van der Waals surface area contributed by atoms with Crippen molar-refractivity contribution in [3.8, 4) is 0 Å². The molecule has 1 aromatic rings. The summed E-state index contributed by atoms with van der Waals surface area (Å²) in [5, 5.41) is 8.90. The number of esters is 1. The van der Waals surface area contributed by atoms with E-state index in [1.807, 2.05) is 0 Å². The van der Waals surface area contributed by atoms with Crippen molar-refractivity contribution in [2.45, 2.75) is 77.6 Å². The van der Waals surface area contributed by atoms with Crippen molar-refractivity contribution in [1.29, 1.82) is 0 Å². The minimum absolute atomic E-state index is 0.163. The lowest BCUT2D eigenvalue weighted by atomic mass is 10.0. The monoisotopic (exact) mass is 348 g/mol. The third kappa shape index (κ3) is 9.90. The molecule has 0 aliphatic heterocycles. The molecule has 4 heteroatoms. The zero-order valence-corrected chi connectivity index (χ0v) is 15.5. The molecular formula is C21H32O4. The molecule has 0 spiro atoms. The van der Waals surface area contributed by atoms with Crippen molar-refractivity contribution in [2.75, 3.05) is 6.61 Å². The average molecular weight is 348 g/mol. The van der Waals surface area contributed by atoms with Crippen molar-refractivity contribution in [1.82, 2.24) is 0 Å². The molecule has 1 N–H and O–H groups in total. The van der Waals surface area contributed by atoms with Gasteiger partial charge in [0.05, 0.1) is 18.6 Å². The lowest BCUT2D eigenvalue weighted by Gasteiger charge is -2.08. The van der Waals surface area contributed by atoms with Crippen molar-refractivity contribution >= 4 is 11.9 Å². The molecule has 0 radical (unpaired) electrons. The summed E-state index contributed by atoms with van der Waals surface area (Å²) in [5.41, 5.74) is 0.861. The number of carboxylic acids is 1. The summed E-state index contributed by atoms with van der Waals surface area (Å²) in [6.07, 6.45) is 12.2. The van der Waals surface area contributed by atoms with Gasteiger partial charge >= 0.3 is 11.9 Å². The van der Waals surface area contributed by atoms with E-state index in [0.717, 1.165) is 12.8 Å². The van der Waals surface area contributed by atoms with Gasteiger partial charge in [-0.2, -0.15) is 0 Å². The number of ether oxygens (including phenoxy) is 1. The van der Waals surface area contributed by atoms with Crippen LogP contribution in [-0.4, -0.2) is 23.7 Å². The first kappa shape index (κ1) is 21.2. The maximum atomic E-state index is 12.1. The highest BCUT2D eigenvalue weighted by Crippen LogP contribution is 2.13. The van der Waals surface area contributed by atoms with Crippen LogP contribution in [0.5, 0.6) is 0 Å². The van der Waals surface area contributed by atoms with E-state index in [2.05, 4.69) is 6.92 Å². The maximum Gasteiger partial charge on any atom is 0.338 e. The van der Waals surface area contributed by atoms with Gasteiger partial charge in [-0.3, -0.25) is 4.79 Å². The van der Waals surface area contributed by atoms with E-state index in [9.17, 15) is 9.59 Å². The van der Waals surface area contributed by atoms with Gasteiger partial charge in [0, 0.05) is 0 Å². The van der Waals surface area contributed by atoms with E-state index in [1.165, 1.54) is 51.4 Å². The normalized spacial score (nSPS) is 10.6. The van der Waals surface area contributed by atoms with E-state index in [1.54, 1.807) is 24.3 Å². The molecule has 0 saturated carbocycles. The molecule has 0 saturated heterocycles. The summed E-state index contributed by atoms with van der Waals surface area (Å²) >= 11 is 0. The Morgan fingerprint density at radius 2 is 1.44 bits per heavy atom. The van der Waals surface area contributed by atoms with Crippen LogP contribution in [0.4, 0.5) is 0 Å². The Bertz CT molecular complexity index is 510. The van der Waals surface area contributed by atoms with Gasteiger partial charge in [-0.15, -0.1) is 0 Å². The molecule has 1 aromatic carbocycles. The van der Waals surface area contributed by atoms with E-state index in [0.29, 0.717) is 17.7 Å². The Labute approximate surface area is 151 Å². The number of hydrogen-bond acceptors (Lipinski definition) is 3. The average Bonchev–Trinajstić information content (AvgIpc) is 2.59. The van der Waals surface area contributed by atoms with Crippen LogP contribution in [-0.2, 0) is 16.0 Å². The second-order valence-corrected chi connectivity index (χ2v) is 6.55. The van der Waals surface area contributed by atoms with Crippen LogP contribution in [0.3, 0.4) is 0 Å². The summed E-state index contributed by atoms with van der Waals surface area (Å²) in [6, 6.07) is 6.74. The molecule has 0 bridgehead atoms. The van der Waals surface area contributed by atoms with Crippen LogP contribution in [0.2, 0.25) is 0 Å². The molecule has 140 valence electrons. The minimum Gasteiger partial charge on any atom is -0.481 e. The quantitative estimate of drug-likeness (QED) is 0.361. The Balaban J connectivity index is 2.12. The lowest BCUT2D eigenvalue weighted by molar-refractivity contribution is -0.136. The maximum absolute atomic E-state index is 12.1. The summed E-state index contributed by atoms with van der Waals surface area (Å²) < 4.78 is 5.29. The standard InChI is InChI=1S/C21H32O4/c1-2-3-4-5-6-7-8-9-10-13-16-25-21(24)19-15-12-11-14-18(19)17-20(22)23/h11-12,14-15H,2-10,13,16-17H2,1H3,(H,22,23). The summed E-state index contributed by atoms with van der Waals surface area (Å²) in [6.45, 7) is 2.63. The van der Waals surface area contributed by atoms with Gasteiger partial charge in [-0.25, -0.2) is 4.79 Å². The van der Waals surface area contributed by atoms with Crippen molar-refractivity contribution < 1.29 is 19.4 Å². The Kier molecular flexibility index (Phi) is 11.4. The molecule has 0 aliphatic rings. The van der Waals surface area contributed by atoms with Crippen LogP contribution >= 0.6 is 0 Å². The molecule has 0 fully saturated rings. The van der Waals surface area contributed by atoms with Crippen LogP contribution in [0.25, 0.3) is 0 Å². The molecule has 0 unspecified atom stereocenters. The number of carboxylic acid groups (broad SMARTS) is 1. The smallest absolute Gasteiger partial charge is 0.338 e. The van der Waals surface area contributed by atoms with E-state index < -0.39 is 11.9 Å². The molecule has 25 heavy (non-hydrogen) atoms. The van der Waals surface area contributed by atoms with Crippen LogP contribution < -0.4 is 0 Å². The fraction of sp³-hybridized carbons (Fsp3) is 0.619. The van der Waals surface area contributed by atoms with Gasteiger partial charge in [0.2, 0.25) is 0 Å². The lowest BCUT2D eigenvalue weighted by Crippen LogP contribution is -2.11. The van der Waals surface area contributed by atoms with E-state index >= 15 is 0 Å². The zero-order valence-electron chi connectivity index (χ0n) is 15.5.